The molecule has 0 spiro atoms. The van der Waals surface area contributed by atoms with E-state index in [-0.39, 0.29) is 11.7 Å². The molecule has 3 aliphatic rings. The van der Waals surface area contributed by atoms with Crippen LogP contribution >= 0.6 is 0 Å². The van der Waals surface area contributed by atoms with Crippen molar-refractivity contribution in [3.8, 4) is 0 Å². The highest BCUT2D eigenvalue weighted by Crippen LogP contribution is 2.39. The van der Waals surface area contributed by atoms with Gasteiger partial charge in [0.1, 0.15) is 5.82 Å². The summed E-state index contributed by atoms with van der Waals surface area (Å²) in [6.45, 7) is 2.22. The van der Waals surface area contributed by atoms with Crippen LogP contribution in [-0.4, -0.2) is 52.8 Å². The van der Waals surface area contributed by atoms with E-state index >= 15 is 0 Å². The van der Waals surface area contributed by atoms with Crippen molar-refractivity contribution in [2.24, 2.45) is 0 Å². The van der Waals surface area contributed by atoms with Gasteiger partial charge in [0.05, 0.1) is 18.0 Å². The topological polar surface area (TPSA) is 88.4 Å². The van der Waals surface area contributed by atoms with E-state index in [0.717, 1.165) is 18.1 Å². The summed E-state index contributed by atoms with van der Waals surface area (Å²) in [5.41, 5.74) is 1.08. The molecule has 1 aliphatic carbocycles. The molecule has 0 N–H and O–H groups in total. The third kappa shape index (κ3) is 3.07. The Hall–Kier alpha value is -2.42. The highest BCUT2D eigenvalue weighted by molar-refractivity contribution is 7.92. The average Bonchev–Trinajstić information content (AvgIpc) is 3.46. The first kappa shape index (κ1) is 17.7. The number of anilines is 1. The second kappa shape index (κ2) is 6.58. The van der Waals surface area contributed by atoms with Crippen LogP contribution in [0.1, 0.15) is 53.6 Å². The molecule has 8 nitrogen and oxygen atoms in total. The number of carbonyl (C=O) groups is 1. The van der Waals surface area contributed by atoms with Gasteiger partial charge in [-0.15, -0.1) is 10.2 Å². The van der Waals surface area contributed by atoms with Crippen LogP contribution < -0.4 is 4.31 Å². The Bertz CT molecular complexity index is 1030. The number of amides is 1. The number of hydrogen-bond acceptors (Lipinski definition) is 5. The van der Waals surface area contributed by atoms with E-state index in [2.05, 4.69) is 14.8 Å². The molecule has 0 bridgehead atoms. The molecule has 1 amide bonds. The van der Waals surface area contributed by atoms with Gasteiger partial charge < -0.3 is 9.47 Å². The minimum atomic E-state index is -3.30. The Morgan fingerprint density at radius 1 is 1.07 bits per heavy atom. The van der Waals surface area contributed by atoms with Crippen molar-refractivity contribution in [3.63, 3.8) is 0 Å². The van der Waals surface area contributed by atoms with E-state index in [0.29, 0.717) is 49.8 Å². The van der Waals surface area contributed by atoms with Crippen molar-refractivity contribution < 1.29 is 13.2 Å². The Morgan fingerprint density at radius 3 is 2.71 bits per heavy atom. The molecular formula is C19H23N5O3S. The summed E-state index contributed by atoms with van der Waals surface area (Å²) in [6, 6.07) is 6.95. The summed E-state index contributed by atoms with van der Waals surface area (Å²) in [5.74, 6) is 2.48. The molecular weight excluding hydrogens is 378 g/mol. The quantitative estimate of drug-likeness (QED) is 0.782. The Balaban J connectivity index is 1.37. The van der Waals surface area contributed by atoms with Crippen molar-refractivity contribution >= 4 is 21.6 Å². The van der Waals surface area contributed by atoms with E-state index in [1.54, 1.807) is 29.2 Å². The SMILES string of the molecule is O=C(c1cccc(N2CCCCS2(=O)=O)c1)N1CCn2c(nnc2C2CC2)C1. The van der Waals surface area contributed by atoms with Gasteiger partial charge in [-0.05, 0) is 43.9 Å². The number of nitrogens with zero attached hydrogens (tertiary/aromatic N) is 5. The zero-order valence-corrected chi connectivity index (χ0v) is 16.4. The lowest BCUT2D eigenvalue weighted by atomic mass is 10.1. The lowest BCUT2D eigenvalue weighted by Gasteiger charge is -2.30. The predicted octanol–water partition coefficient (Wildman–Crippen LogP) is 1.74. The molecule has 1 aromatic heterocycles. The molecule has 3 heterocycles. The number of carbonyl (C=O) groups excluding carboxylic acids is 1. The monoisotopic (exact) mass is 401 g/mol. The van der Waals surface area contributed by atoms with Gasteiger partial charge in [-0.3, -0.25) is 9.10 Å². The van der Waals surface area contributed by atoms with E-state index < -0.39 is 10.0 Å². The Labute approximate surface area is 164 Å². The number of aromatic nitrogens is 3. The van der Waals surface area contributed by atoms with Gasteiger partial charge in [0.15, 0.2) is 5.82 Å². The smallest absolute Gasteiger partial charge is 0.254 e. The molecule has 0 radical (unpaired) electrons. The van der Waals surface area contributed by atoms with Crippen LogP contribution in [0.25, 0.3) is 0 Å². The fourth-order valence-corrected chi connectivity index (χ4v) is 5.68. The molecule has 0 atom stereocenters. The standard InChI is InChI=1S/C19H23N5O3S/c25-19(22-9-10-23-17(13-22)20-21-18(23)14-6-7-14)15-4-3-5-16(12-15)24-8-1-2-11-28(24,26)27/h3-5,12,14H,1-2,6-11,13H2. The first-order valence-corrected chi connectivity index (χ1v) is 11.5. The van der Waals surface area contributed by atoms with Crippen molar-refractivity contribution in [2.75, 3.05) is 23.1 Å². The molecule has 2 aliphatic heterocycles. The zero-order valence-electron chi connectivity index (χ0n) is 15.6. The molecule has 1 aromatic carbocycles. The van der Waals surface area contributed by atoms with Crippen molar-refractivity contribution in [1.82, 2.24) is 19.7 Å². The maximum Gasteiger partial charge on any atom is 0.254 e. The second-order valence-corrected chi connectivity index (χ2v) is 9.79. The summed E-state index contributed by atoms with van der Waals surface area (Å²) in [5, 5.41) is 8.61. The molecule has 148 valence electrons. The number of hydrogen-bond donors (Lipinski definition) is 0. The van der Waals surface area contributed by atoms with Crippen LogP contribution in [0, 0.1) is 0 Å². The highest BCUT2D eigenvalue weighted by atomic mass is 32.2. The maximum atomic E-state index is 13.1. The molecule has 0 unspecified atom stereocenters. The van der Waals surface area contributed by atoms with E-state index in [1.807, 2.05) is 0 Å². The third-order valence-electron chi connectivity index (χ3n) is 5.74. The van der Waals surface area contributed by atoms with Crippen LogP contribution in [0.15, 0.2) is 24.3 Å². The fraction of sp³-hybridized carbons (Fsp3) is 0.526. The number of sulfonamides is 1. The van der Waals surface area contributed by atoms with Crippen LogP contribution in [-0.2, 0) is 23.1 Å². The van der Waals surface area contributed by atoms with E-state index in [9.17, 15) is 13.2 Å². The Kier molecular flexibility index (Phi) is 4.15. The first-order chi connectivity index (χ1) is 13.5. The van der Waals surface area contributed by atoms with Crippen LogP contribution in [0.3, 0.4) is 0 Å². The van der Waals surface area contributed by atoms with Gasteiger partial charge in [0.2, 0.25) is 10.0 Å². The van der Waals surface area contributed by atoms with Crippen molar-refractivity contribution in [1.29, 1.82) is 0 Å². The minimum Gasteiger partial charge on any atom is -0.329 e. The summed E-state index contributed by atoms with van der Waals surface area (Å²) < 4.78 is 28.3. The molecule has 9 heteroatoms. The van der Waals surface area contributed by atoms with E-state index in [1.165, 1.54) is 17.1 Å². The lowest BCUT2D eigenvalue weighted by molar-refractivity contribution is 0.0706. The molecule has 1 saturated heterocycles. The van der Waals surface area contributed by atoms with Crippen molar-refractivity contribution in [2.45, 2.75) is 44.7 Å². The van der Waals surface area contributed by atoms with Crippen LogP contribution in [0.4, 0.5) is 5.69 Å². The average molecular weight is 401 g/mol. The maximum absolute atomic E-state index is 13.1. The number of rotatable bonds is 3. The summed E-state index contributed by atoms with van der Waals surface area (Å²) in [7, 11) is -3.30. The van der Waals surface area contributed by atoms with Gasteiger partial charge in [-0.25, -0.2) is 8.42 Å². The summed E-state index contributed by atoms with van der Waals surface area (Å²) in [6.07, 6.45) is 3.87. The highest BCUT2D eigenvalue weighted by Gasteiger charge is 2.33. The van der Waals surface area contributed by atoms with Crippen molar-refractivity contribution in [3.05, 3.63) is 41.5 Å². The number of benzene rings is 1. The largest absolute Gasteiger partial charge is 0.329 e. The van der Waals surface area contributed by atoms with Gasteiger partial charge in [-0.2, -0.15) is 0 Å². The zero-order chi connectivity index (χ0) is 19.3. The van der Waals surface area contributed by atoms with Gasteiger partial charge in [0, 0.05) is 31.1 Å². The first-order valence-electron chi connectivity index (χ1n) is 9.85. The lowest BCUT2D eigenvalue weighted by Crippen LogP contribution is -2.39. The van der Waals surface area contributed by atoms with Gasteiger partial charge in [0.25, 0.3) is 5.91 Å². The molecule has 28 heavy (non-hydrogen) atoms. The molecule has 2 fully saturated rings. The fourth-order valence-electron chi connectivity index (χ4n) is 4.05. The normalized spacial score (nSPS) is 21.4. The molecule has 5 rings (SSSR count). The Morgan fingerprint density at radius 2 is 1.93 bits per heavy atom. The summed E-state index contributed by atoms with van der Waals surface area (Å²) >= 11 is 0. The van der Waals surface area contributed by atoms with Gasteiger partial charge in [-0.1, -0.05) is 6.07 Å². The van der Waals surface area contributed by atoms with Gasteiger partial charge >= 0.3 is 0 Å². The number of fused-ring (bicyclic) bond motifs is 1. The molecule has 2 aromatic rings. The predicted molar refractivity (Wildman–Crippen MR) is 104 cm³/mol. The van der Waals surface area contributed by atoms with E-state index in [4.69, 9.17) is 0 Å². The minimum absolute atomic E-state index is 0.0986. The second-order valence-electron chi connectivity index (χ2n) is 7.77. The molecule has 1 saturated carbocycles. The van der Waals surface area contributed by atoms with Crippen LogP contribution in [0.2, 0.25) is 0 Å². The summed E-state index contributed by atoms with van der Waals surface area (Å²) in [4.78, 5) is 14.8. The van der Waals surface area contributed by atoms with Crippen LogP contribution in [0.5, 0.6) is 0 Å². The third-order valence-corrected chi connectivity index (χ3v) is 7.61.